The number of hydrogen-bond acceptors (Lipinski definition) is 8. The molecule has 1 aliphatic heterocycles. The van der Waals surface area contributed by atoms with E-state index in [9.17, 15) is 9.59 Å². The maximum absolute atomic E-state index is 12.5. The van der Waals surface area contributed by atoms with E-state index < -0.39 is 0 Å². The van der Waals surface area contributed by atoms with Gasteiger partial charge < -0.3 is 20.9 Å². The molecule has 0 unspecified atom stereocenters. The summed E-state index contributed by atoms with van der Waals surface area (Å²) in [6.45, 7) is 0.581. The van der Waals surface area contributed by atoms with Crippen LogP contribution in [-0.4, -0.2) is 50.9 Å². The van der Waals surface area contributed by atoms with Gasteiger partial charge in [-0.25, -0.2) is 9.97 Å². The summed E-state index contributed by atoms with van der Waals surface area (Å²) in [6, 6.07) is 3.56. The number of nitrogens with one attached hydrogen (secondary N) is 3. The maximum Gasteiger partial charge on any atom is 0.254 e. The average molecular weight is 433 g/mol. The van der Waals surface area contributed by atoms with Crippen LogP contribution in [0.5, 0.6) is 0 Å². The van der Waals surface area contributed by atoms with Gasteiger partial charge in [0.05, 0.1) is 23.5 Å². The molecule has 2 amide bonds. The summed E-state index contributed by atoms with van der Waals surface area (Å²) >= 11 is 0. The number of carbonyl (C=O) groups is 2. The van der Waals surface area contributed by atoms with Crippen LogP contribution in [-0.2, 0) is 18.4 Å². The molecule has 3 N–H and O–H groups in total. The van der Waals surface area contributed by atoms with Crippen molar-refractivity contribution in [3.63, 3.8) is 0 Å². The highest BCUT2D eigenvalue weighted by Gasteiger charge is 2.30. The van der Waals surface area contributed by atoms with Crippen LogP contribution < -0.4 is 20.9 Å². The molecule has 0 saturated heterocycles. The second-order valence-corrected chi connectivity index (χ2v) is 7.98. The fourth-order valence-corrected chi connectivity index (χ4v) is 3.83. The minimum atomic E-state index is -0.297. The lowest BCUT2D eigenvalue weighted by Gasteiger charge is -2.28. The van der Waals surface area contributed by atoms with E-state index in [1.165, 1.54) is 6.20 Å². The quantitative estimate of drug-likeness (QED) is 0.554. The lowest BCUT2D eigenvalue weighted by Crippen LogP contribution is -2.24. The van der Waals surface area contributed by atoms with E-state index in [2.05, 4.69) is 36.1 Å². The van der Waals surface area contributed by atoms with Gasteiger partial charge in [0.1, 0.15) is 17.2 Å². The van der Waals surface area contributed by atoms with Crippen LogP contribution in [0, 0.1) is 5.92 Å². The van der Waals surface area contributed by atoms with E-state index in [4.69, 9.17) is 0 Å². The number of anilines is 4. The van der Waals surface area contributed by atoms with Crippen LogP contribution in [0.25, 0.3) is 11.3 Å². The number of aryl methyl sites for hydroxylation is 1. The lowest BCUT2D eigenvalue weighted by atomic mass is 10.0. The van der Waals surface area contributed by atoms with E-state index in [1.807, 2.05) is 18.0 Å². The normalized spacial score (nSPS) is 14.4. The third-order valence-corrected chi connectivity index (χ3v) is 5.56. The summed E-state index contributed by atoms with van der Waals surface area (Å²) in [6.07, 6.45) is 4.92. The Morgan fingerprint density at radius 2 is 1.97 bits per heavy atom. The average Bonchev–Trinajstić information content (AvgIpc) is 3.56. The summed E-state index contributed by atoms with van der Waals surface area (Å²) < 4.78 is 0. The van der Waals surface area contributed by atoms with Crippen molar-refractivity contribution in [3.05, 3.63) is 35.8 Å². The van der Waals surface area contributed by atoms with Crippen molar-refractivity contribution in [1.29, 1.82) is 0 Å². The maximum atomic E-state index is 12.5. The van der Waals surface area contributed by atoms with Gasteiger partial charge in [0.15, 0.2) is 5.82 Å². The SMILES string of the molecule is CNC(=O)c1cnc(NC(=O)C2CC2)cc1Nc1nccc2c1N(C)Cc1nn(C)nc1-2. The molecular formula is C21H23N9O2. The first-order valence-corrected chi connectivity index (χ1v) is 10.4. The Balaban J connectivity index is 1.55. The molecule has 1 fully saturated rings. The number of amides is 2. The Morgan fingerprint density at radius 1 is 1.16 bits per heavy atom. The molecule has 3 aromatic rings. The highest BCUT2D eigenvalue weighted by molar-refractivity contribution is 6.02. The molecule has 2 aliphatic rings. The second-order valence-electron chi connectivity index (χ2n) is 7.98. The van der Waals surface area contributed by atoms with Gasteiger partial charge in [0.2, 0.25) is 5.91 Å². The highest BCUT2D eigenvalue weighted by atomic mass is 16.2. The summed E-state index contributed by atoms with van der Waals surface area (Å²) in [5.41, 5.74) is 4.28. The molecule has 1 saturated carbocycles. The number of carbonyl (C=O) groups excluding carboxylic acids is 2. The van der Waals surface area contributed by atoms with Crippen LogP contribution in [0.15, 0.2) is 24.5 Å². The standard InChI is InChI=1S/C21H23N9O2/c1-22-21(32)13-9-24-16(26-20(31)11-4-5-11)8-14(13)25-19-18-12(6-7-23-19)17-15(10-29(18)2)27-30(3)28-17/h6-9,11H,4-5,10H2,1-3H3,(H,22,32)(H2,23,24,25,26,31). The molecule has 4 heterocycles. The van der Waals surface area contributed by atoms with Crippen molar-refractivity contribution in [2.24, 2.45) is 13.0 Å². The van der Waals surface area contributed by atoms with E-state index in [1.54, 1.807) is 31.2 Å². The number of pyridine rings is 2. The highest BCUT2D eigenvalue weighted by Crippen LogP contribution is 2.41. The summed E-state index contributed by atoms with van der Waals surface area (Å²) in [5.74, 6) is 0.642. The smallest absolute Gasteiger partial charge is 0.254 e. The molecule has 0 spiro atoms. The van der Waals surface area contributed by atoms with E-state index in [-0.39, 0.29) is 17.7 Å². The third kappa shape index (κ3) is 3.51. The van der Waals surface area contributed by atoms with Crippen molar-refractivity contribution >= 4 is 34.8 Å². The number of hydrogen-bond donors (Lipinski definition) is 3. The molecule has 11 heteroatoms. The first kappa shape index (κ1) is 19.9. The van der Waals surface area contributed by atoms with Crippen molar-refractivity contribution in [3.8, 4) is 11.3 Å². The van der Waals surface area contributed by atoms with Crippen LogP contribution in [0.4, 0.5) is 23.0 Å². The van der Waals surface area contributed by atoms with Crippen molar-refractivity contribution in [2.45, 2.75) is 19.4 Å². The predicted octanol–water partition coefficient (Wildman–Crippen LogP) is 1.67. The van der Waals surface area contributed by atoms with Gasteiger partial charge >= 0.3 is 0 Å². The number of rotatable bonds is 5. The van der Waals surface area contributed by atoms with Crippen molar-refractivity contribution < 1.29 is 9.59 Å². The van der Waals surface area contributed by atoms with Crippen molar-refractivity contribution in [1.82, 2.24) is 30.3 Å². The Hall–Kier alpha value is -4.02. The first-order chi connectivity index (χ1) is 15.4. The zero-order chi connectivity index (χ0) is 22.4. The molecule has 0 atom stereocenters. The molecule has 1 aliphatic carbocycles. The molecule has 0 aromatic carbocycles. The molecule has 0 bridgehead atoms. The summed E-state index contributed by atoms with van der Waals surface area (Å²) in [4.78, 5) is 37.0. The summed E-state index contributed by atoms with van der Waals surface area (Å²) in [5, 5.41) is 17.7. The van der Waals surface area contributed by atoms with Crippen LogP contribution in [0.3, 0.4) is 0 Å². The fourth-order valence-electron chi connectivity index (χ4n) is 3.83. The van der Waals surface area contributed by atoms with Gasteiger partial charge in [-0.15, -0.1) is 0 Å². The molecule has 11 nitrogen and oxygen atoms in total. The Labute approximate surface area is 184 Å². The summed E-state index contributed by atoms with van der Waals surface area (Å²) in [7, 11) is 5.31. The zero-order valence-electron chi connectivity index (χ0n) is 18.0. The minimum absolute atomic E-state index is 0.0458. The predicted molar refractivity (Wildman–Crippen MR) is 119 cm³/mol. The van der Waals surface area contributed by atoms with Gasteiger partial charge in [-0.2, -0.15) is 15.0 Å². The monoisotopic (exact) mass is 433 g/mol. The molecule has 32 heavy (non-hydrogen) atoms. The van der Waals surface area contributed by atoms with Crippen LogP contribution in [0.1, 0.15) is 28.9 Å². The molecule has 5 rings (SSSR count). The molecule has 164 valence electrons. The van der Waals surface area contributed by atoms with Gasteiger partial charge in [0, 0.05) is 51.1 Å². The van der Waals surface area contributed by atoms with E-state index in [0.29, 0.717) is 29.4 Å². The Morgan fingerprint density at radius 3 is 2.72 bits per heavy atom. The molecule has 3 aromatic heterocycles. The first-order valence-electron chi connectivity index (χ1n) is 10.4. The number of nitrogens with zero attached hydrogens (tertiary/aromatic N) is 6. The Bertz CT molecular complexity index is 1230. The fraction of sp³-hybridized carbons (Fsp3) is 0.333. The van der Waals surface area contributed by atoms with Crippen LogP contribution in [0.2, 0.25) is 0 Å². The molecule has 0 radical (unpaired) electrons. The Kier molecular flexibility index (Phi) is 4.72. The van der Waals surface area contributed by atoms with Crippen LogP contribution >= 0.6 is 0 Å². The van der Waals surface area contributed by atoms with Gasteiger partial charge in [-0.1, -0.05) is 0 Å². The minimum Gasteiger partial charge on any atom is -0.365 e. The largest absolute Gasteiger partial charge is 0.365 e. The van der Waals surface area contributed by atoms with Gasteiger partial charge in [-0.05, 0) is 18.9 Å². The van der Waals surface area contributed by atoms with E-state index in [0.717, 1.165) is 35.5 Å². The van der Waals surface area contributed by atoms with Crippen molar-refractivity contribution in [2.75, 3.05) is 29.6 Å². The third-order valence-electron chi connectivity index (χ3n) is 5.56. The zero-order valence-corrected chi connectivity index (χ0v) is 18.0. The second kappa shape index (κ2) is 7.59. The molecular weight excluding hydrogens is 410 g/mol. The topological polar surface area (TPSA) is 130 Å². The lowest BCUT2D eigenvalue weighted by molar-refractivity contribution is -0.117. The van der Waals surface area contributed by atoms with Gasteiger partial charge in [-0.3, -0.25) is 9.59 Å². The van der Waals surface area contributed by atoms with E-state index >= 15 is 0 Å². The number of aromatic nitrogens is 5. The number of fused-ring (bicyclic) bond motifs is 3. The van der Waals surface area contributed by atoms with Gasteiger partial charge in [0.25, 0.3) is 5.91 Å².